The molecular weight excluding hydrogens is 132 g/mol. The van der Waals surface area contributed by atoms with E-state index >= 15 is 0 Å². The summed E-state index contributed by atoms with van der Waals surface area (Å²) >= 11 is 0. The Morgan fingerprint density at radius 3 is 2.36 bits per heavy atom. The molecular formula is C11H15. The topological polar surface area (TPSA) is 0 Å². The molecule has 0 fully saturated rings. The predicted molar refractivity (Wildman–Crippen MR) is 49.4 cm³/mol. The second kappa shape index (κ2) is 4.17. The van der Waals surface area contributed by atoms with Crippen LogP contribution in [0.2, 0.25) is 0 Å². The molecule has 0 heterocycles. The smallest absolute Gasteiger partial charge is 0.0136 e. The largest absolute Gasteiger partial charge is 0.0648 e. The van der Waals surface area contributed by atoms with Gasteiger partial charge in [-0.05, 0) is 24.3 Å². The lowest BCUT2D eigenvalue weighted by Gasteiger charge is -2.11. The van der Waals surface area contributed by atoms with Crippen molar-refractivity contribution in [3.63, 3.8) is 0 Å². The zero-order valence-electron chi connectivity index (χ0n) is 7.25. The van der Waals surface area contributed by atoms with Crippen LogP contribution in [0, 0.1) is 6.42 Å². The van der Waals surface area contributed by atoms with Gasteiger partial charge in [-0.25, -0.2) is 0 Å². The van der Waals surface area contributed by atoms with Crippen molar-refractivity contribution in [1.29, 1.82) is 0 Å². The van der Waals surface area contributed by atoms with E-state index < -0.39 is 0 Å². The Kier molecular flexibility index (Phi) is 3.15. The van der Waals surface area contributed by atoms with Crippen LogP contribution in [0.5, 0.6) is 0 Å². The van der Waals surface area contributed by atoms with Crippen molar-refractivity contribution in [3.8, 4) is 0 Å². The molecule has 0 aliphatic heterocycles. The minimum atomic E-state index is 0.635. The molecule has 0 bridgehead atoms. The normalized spacial score (nSPS) is 10.5. The van der Waals surface area contributed by atoms with Gasteiger partial charge in [0.2, 0.25) is 0 Å². The summed E-state index contributed by atoms with van der Waals surface area (Å²) in [5.74, 6) is 0.635. The number of hydrogen-bond acceptors (Lipinski definition) is 0. The molecule has 0 saturated heterocycles. The van der Waals surface area contributed by atoms with Gasteiger partial charge in [0.1, 0.15) is 0 Å². The van der Waals surface area contributed by atoms with Gasteiger partial charge in [0.05, 0.1) is 0 Å². The summed E-state index contributed by atoms with van der Waals surface area (Å²) in [4.78, 5) is 0. The first kappa shape index (κ1) is 8.32. The van der Waals surface area contributed by atoms with Gasteiger partial charge in [-0.2, -0.15) is 0 Å². The second-order valence-corrected chi connectivity index (χ2v) is 2.76. The summed E-state index contributed by atoms with van der Waals surface area (Å²) in [6.45, 7) is 4.35. The maximum atomic E-state index is 2.26. The zero-order valence-corrected chi connectivity index (χ0v) is 7.25. The highest BCUT2D eigenvalue weighted by molar-refractivity contribution is 5.21. The van der Waals surface area contributed by atoms with Crippen LogP contribution in [-0.2, 0) is 0 Å². The van der Waals surface area contributed by atoms with Gasteiger partial charge in [0.15, 0.2) is 0 Å². The average molecular weight is 147 g/mol. The SMILES string of the molecule is C[CH][C@@H](CC)c1ccccc1. The Morgan fingerprint density at radius 1 is 1.27 bits per heavy atom. The van der Waals surface area contributed by atoms with E-state index in [0.29, 0.717) is 5.92 Å². The van der Waals surface area contributed by atoms with Crippen LogP contribution < -0.4 is 0 Å². The third-order valence-corrected chi connectivity index (χ3v) is 2.07. The van der Waals surface area contributed by atoms with Gasteiger partial charge in [-0.3, -0.25) is 0 Å². The first-order chi connectivity index (χ1) is 5.38. The molecule has 0 spiro atoms. The second-order valence-electron chi connectivity index (χ2n) is 2.76. The summed E-state index contributed by atoms with van der Waals surface area (Å²) in [7, 11) is 0. The molecule has 0 aliphatic carbocycles. The fourth-order valence-electron chi connectivity index (χ4n) is 1.36. The lowest BCUT2D eigenvalue weighted by Crippen LogP contribution is -1.94. The highest BCUT2D eigenvalue weighted by Crippen LogP contribution is 2.20. The van der Waals surface area contributed by atoms with Crippen molar-refractivity contribution in [1.82, 2.24) is 0 Å². The molecule has 1 aromatic carbocycles. The number of benzene rings is 1. The molecule has 0 nitrogen and oxygen atoms in total. The van der Waals surface area contributed by atoms with E-state index in [0.717, 1.165) is 0 Å². The third kappa shape index (κ3) is 2.07. The fraction of sp³-hybridized carbons (Fsp3) is 0.364. The Balaban J connectivity index is 2.74. The predicted octanol–water partition coefficient (Wildman–Crippen LogP) is 3.40. The van der Waals surface area contributed by atoms with Gasteiger partial charge in [-0.15, -0.1) is 0 Å². The highest BCUT2D eigenvalue weighted by Gasteiger charge is 2.04. The lowest BCUT2D eigenvalue weighted by atomic mass is 9.94. The molecule has 1 rings (SSSR count). The van der Waals surface area contributed by atoms with E-state index in [1.54, 1.807) is 0 Å². The van der Waals surface area contributed by atoms with E-state index in [1.807, 2.05) is 0 Å². The van der Waals surface area contributed by atoms with Gasteiger partial charge >= 0.3 is 0 Å². The van der Waals surface area contributed by atoms with E-state index in [9.17, 15) is 0 Å². The zero-order chi connectivity index (χ0) is 8.10. The molecule has 1 atom stereocenters. The number of rotatable bonds is 3. The quantitative estimate of drug-likeness (QED) is 0.614. The summed E-state index contributed by atoms with van der Waals surface area (Å²) in [6.07, 6.45) is 3.45. The highest BCUT2D eigenvalue weighted by atomic mass is 14.1. The fourth-order valence-corrected chi connectivity index (χ4v) is 1.36. The molecule has 0 unspecified atom stereocenters. The van der Waals surface area contributed by atoms with E-state index in [-0.39, 0.29) is 0 Å². The first-order valence-electron chi connectivity index (χ1n) is 4.23. The monoisotopic (exact) mass is 147 g/mol. The summed E-state index contributed by atoms with van der Waals surface area (Å²) in [5.41, 5.74) is 1.43. The van der Waals surface area contributed by atoms with E-state index in [1.165, 1.54) is 12.0 Å². The molecule has 0 saturated carbocycles. The summed E-state index contributed by atoms with van der Waals surface area (Å²) in [6, 6.07) is 10.6. The summed E-state index contributed by atoms with van der Waals surface area (Å²) in [5, 5.41) is 0. The van der Waals surface area contributed by atoms with Gasteiger partial charge in [0, 0.05) is 0 Å². The number of hydrogen-bond donors (Lipinski definition) is 0. The lowest BCUT2D eigenvalue weighted by molar-refractivity contribution is 0.753. The van der Waals surface area contributed by atoms with Crippen molar-refractivity contribution < 1.29 is 0 Å². The first-order valence-corrected chi connectivity index (χ1v) is 4.23. The van der Waals surface area contributed by atoms with Crippen LogP contribution in [0.4, 0.5) is 0 Å². The molecule has 1 aromatic rings. The standard InChI is InChI=1S/C11H15/c1-3-10(4-2)11-8-6-5-7-9-11/h3,5-10H,4H2,1-2H3/t10-/m0/s1. The Hall–Kier alpha value is -0.780. The van der Waals surface area contributed by atoms with Crippen LogP contribution in [-0.4, -0.2) is 0 Å². The average Bonchev–Trinajstić information content (AvgIpc) is 2.09. The van der Waals surface area contributed by atoms with Gasteiger partial charge in [0.25, 0.3) is 0 Å². The van der Waals surface area contributed by atoms with E-state index in [4.69, 9.17) is 0 Å². The molecule has 59 valence electrons. The Labute approximate surface area is 69.3 Å². The van der Waals surface area contributed by atoms with E-state index in [2.05, 4.69) is 50.6 Å². The van der Waals surface area contributed by atoms with Crippen LogP contribution >= 0.6 is 0 Å². The minimum absolute atomic E-state index is 0.635. The maximum absolute atomic E-state index is 2.26. The van der Waals surface area contributed by atoms with Crippen molar-refractivity contribution in [2.75, 3.05) is 0 Å². The van der Waals surface area contributed by atoms with Crippen LogP contribution in [0.15, 0.2) is 30.3 Å². The van der Waals surface area contributed by atoms with Crippen molar-refractivity contribution in [2.24, 2.45) is 0 Å². The molecule has 11 heavy (non-hydrogen) atoms. The third-order valence-electron chi connectivity index (χ3n) is 2.07. The molecule has 0 aliphatic rings. The maximum Gasteiger partial charge on any atom is -0.0136 e. The van der Waals surface area contributed by atoms with Crippen LogP contribution in [0.25, 0.3) is 0 Å². The van der Waals surface area contributed by atoms with Crippen LogP contribution in [0.1, 0.15) is 31.7 Å². The van der Waals surface area contributed by atoms with Crippen molar-refractivity contribution >= 4 is 0 Å². The Morgan fingerprint density at radius 2 is 1.91 bits per heavy atom. The molecule has 1 radical (unpaired) electrons. The Bertz CT molecular complexity index is 184. The molecule has 0 heteroatoms. The van der Waals surface area contributed by atoms with Gasteiger partial charge < -0.3 is 0 Å². The van der Waals surface area contributed by atoms with Crippen molar-refractivity contribution in [3.05, 3.63) is 42.3 Å². The summed E-state index contributed by atoms with van der Waals surface area (Å²) < 4.78 is 0. The van der Waals surface area contributed by atoms with Crippen molar-refractivity contribution in [2.45, 2.75) is 26.2 Å². The molecule has 0 aromatic heterocycles. The van der Waals surface area contributed by atoms with Crippen LogP contribution in [0.3, 0.4) is 0 Å². The minimum Gasteiger partial charge on any atom is -0.0648 e. The molecule has 0 N–H and O–H groups in total. The van der Waals surface area contributed by atoms with Gasteiger partial charge in [-0.1, -0.05) is 44.2 Å². The molecule has 0 amide bonds.